The third kappa shape index (κ3) is 4.57. The maximum atomic E-state index is 12.3. The van der Waals surface area contributed by atoms with Gasteiger partial charge in [-0.3, -0.25) is 4.79 Å². The first-order valence-electron chi connectivity index (χ1n) is 5.25. The zero-order valence-corrected chi connectivity index (χ0v) is 9.67. The lowest BCUT2D eigenvalue weighted by atomic mass is 10.2. The van der Waals surface area contributed by atoms with Crippen molar-refractivity contribution in [3.63, 3.8) is 0 Å². The fourth-order valence-corrected chi connectivity index (χ4v) is 1.26. The van der Waals surface area contributed by atoms with Crippen molar-refractivity contribution in [2.45, 2.75) is 25.9 Å². The molecule has 0 aromatic heterocycles. The number of hydrogen-bond donors (Lipinski definition) is 1. The third-order valence-corrected chi connectivity index (χ3v) is 2.20. The van der Waals surface area contributed by atoms with Crippen molar-refractivity contribution in [3.8, 4) is 0 Å². The molecule has 0 atom stereocenters. The zero-order chi connectivity index (χ0) is 13.8. The van der Waals surface area contributed by atoms with Gasteiger partial charge >= 0.3 is 6.18 Å². The molecule has 0 radical (unpaired) electrons. The molecule has 1 aromatic rings. The van der Waals surface area contributed by atoms with E-state index < -0.39 is 17.6 Å². The Hall–Kier alpha value is -1.85. The quantitative estimate of drug-likeness (QED) is 0.903. The Morgan fingerprint density at radius 1 is 1.11 bits per heavy atom. The number of nitrogens with one attached hydrogen (secondary N) is 1. The summed E-state index contributed by atoms with van der Waals surface area (Å²) < 4.78 is 36.8. The van der Waals surface area contributed by atoms with E-state index in [9.17, 15) is 22.8 Å². The summed E-state index contributed by atoms with van der Waals surface area (Å²) in [5, 5.41) is 2.42. The Bertz CT molecular complexity index is 438. The van der Waals surface area contributed by atoms with E-state index in [4.69, 9.17) is 0 Å². The van der Waals surface area contributed by atoms with E-state index in [0.29, 0.717) is 0 Å². The minimum absolute atomic E-state index is 0.0242. The van der Waals surface area contributed by atoms with Gasteiger partial charge in [-0.25, -0.2) is 0 Å². The summed E-state index contributed by atoms with van der Waals surface area (Å²) in [6.45, 7) is 1.37. The Balaban J connectivity index is 2.59. The molecular formula is C12H12F3NO2. The number of amides is 1. The van der Waals surface area contributed by atoms with Crippen LogP contribution in [0.4, 0.5) is 18.9 Å². The van der Waals surface area contributed by atoms with E-state index in [2.05, 4.69) is 5.32 Å². The SMILES string of the molecule is CC(=O)CCC(=O)Nc1ccc(C(F)(F)F)cc1. The van der Waals surface area contributed by atoms with E-state index in [1.165, 1.54) is 19.1 Å². The van der Waals surface area contributed by atoms with Crippen LogP contribution < -0.4 is 5.32 Å². The first-order chi connectivity index (χ1) is 8.29. The van der Waals surface area contributed by atoms with Gasteiger partial charge in [0.25, 0.3) is 0 Å². The number of halogens is 3. The van der Waals surface area contributed by atoms with Gasteiger partial charge in [0.15, 0.2) is 0 Å². The Morgan fingerprint density at radius 2 is 1.67 bits per heavy atom. The molecule has 0 saturated carbocycles. The van der Waals surface area contributed by atoms with E-state index >= 15 is 0 Å². The van der Waals surface area contributed by atoms with Crippen LogP contribution >= 0.6 is 0 Å². The molecule has 0 heterocycles. The van der Waals surface area contributed by atoms with Crippen molar-refractivity contribution in [1.29, 1.82) is 0 Å². The highest BCUT2D eigenvalue weighted by molar-refractivity contribution is 5.93. The zero-order valence-electron chi connectivity index (χ0n) is 9.67. The fraction of sp³-hybridized carbons (Fsp3) is 0.333. The van der Waals surface area contributed by atoms with E-state index in [1.54, 1.807) is 0 Å². The molecule has 3 nitrogen and oxygen atoms in total. The van der Waals surface area contributed by atoms with Gasteiger partial charge in [0, 0.05) is 18.5 Å². The van der Waals surface area contributed by atoms with E-state index in [-0.39, 0.29) is 24.3 Å². The van der Waals surface area contributed by atoms with Gasteiger partial charge in [0.1, 0.15) is 5.78 Å². The lowest BCUT2D eigenvalue weighted by molar-refractivity contribution is -0.137. The summed E-state index contributed by atoms with van der Waals surface area (Å²) in [5.41, 5.74) is -0.499. The maximum absolute atomic E-state index is 12.3. The number of rotatable bonds is 4. The molecular weight excluding hydrogens is 247 g/mol. The molecule has 0 spiro atoms. The number of hydrogen-bond acceptors (Lipinski definition) is 2. The molecule has 1 N–H and O–H groups in total. The van der Waals surface area contributed by atoms with Gasteiger partial charge in [-0.2, -0.15) is 13.2 Å². The number of alkyl halides is 3. The van der Waals surface area contributed by atoms with Gasteiger partial charge in [0.05, 0.1) is 5.56 Å². The van der Waals surface area contributed by atoms with Crippen LogP contribution in [0.5, 0.6) is 0 Å². The Morgan fingerprint density at radius 3 is 2.11 bits per heavy atom. The molecule has 0 unspecified atom stereocenters. The summed E-state index contributed by atoms with van der Waals surface area (Å²) in [4.78, 5) is 22.0. The number of carbonyl (C=O) groups excluding carboxylic acids is 2. The van der Waals surface area contributed by atoms with Gasteiger partial charge < -0.3 is 10.1 Å². The summed E-state index contributed by atoms with van der Waals surface area (Å²) in [5.74, 6) is -0.512. The average Bonchev–Trinajstić information content (AvgIpc) is 2.26. The lowest BCUT2D eigenvalue weighted by Gasteiger charge is -2.08. The van der Waals surface area contributed by atoms with E-state index in [0.717, 1.165) is 12.1 Å². The highest BCUT2D eigenvalue weighted by Gasteiger charge is 2.29. The minimum atomic E-state index is -4.39. The van der Waals surface area contributed by atoms with Gasteiger partial charge in [-0.15, -0.1) is 0 Å². The number of Topliss-reactive ketones (excluding diaryl/α,β-unsaturated/α-hetero) is 1. The van der Waals surface area contributed by atoms with Crippen LogP contribution in [0, 0.1) is 0 Å². The molecule has 0 bridgehead atoms. The summed E-state index contributed by atoms with van der Waals surface area (Å²) >= 11 is 0. The Kier molecular flexibility index (Phi) is 4.47. The maximum Gasteiger partial charge on any atom is 0.416 e. The highest BCUT2D eigenvalue weighted by atomic mass is 19.4. The van der Waals surface area contributed by atoms with E-state index in [1.807, 2.05) is 0 Å². The second-order valence-corrected chi connectivity index (χ2v) is 3.83. The largest absolute Gasteiger partial charge is 0.416 e. The molecule has 1 rings (SSSR count). The van der Waals surface area contributed by atoms with Crippen molar-refractivity contribution < 1.29 is 22.8 Å². The second-order valence-electron chi connectivity index (χ2n) is 3.83. The van der Waals surface area contributed by atoms with Crippen LogP contribution in [-0.4, -0.2) is 11.7 Å². The van der Waals surface area contributed by atoms with Gasteiger partial charge in [-0.05, 0) is 31.2 Å². The first kappa shape index (κ1) is 14.2. The third-order valence-electron chi connectivity index (χ3n) is 2.20. The average molecular weight is 259 g/mol. The Labute approximate surface area is 102 Å². The van der Waals surface area contributed by atoms with Crippen LogP contribution in [-0.2, 0) is 15.8 Å². The first-order valence-corrected chi connectivity index (χ1v) is 5.25. The van der Waals surface area contributed by atoms with Crippen molar-refractivity contribution in [2.24, 2.45) is 0 Å². The topological polar surface area (TPSA) is 46.2 Å². The van der Waals surface area contributed by atoms with Gasteiger partial charge in [0.2, 0.25) is 5.91 Å². The van der Waals surface area contributed by atoms with Crippen molar-refractivity contribution in [1.82, 2.24) is 0 Å². The number of benzene rings is 1. The van der Waals surface area contributed by atoms with Crippen molar-refractivity contribution >= 4 is 17.4 Å². The molecule has 0 saturated heterocycles. The predicted octanol–water partition coefficient (Wildman–Crippen LogP) is 3.01. The molecule has 0 aliphatic carbocycles. The molecule has 0 fully saturated rings. The monoisotopic (exact) mass is 259 g/mol. The molecule has 18 heavy (non-hydrogen) atoms. The molecule has 6 heteroatoms. The molecule has 1 aromatic carbocycles. The summed E-state index contributed by atoms with van der Waals surface area (Å²) in [7, 11) is 0. The molecule has 0 aliphatic rings. The van der Waals surface area contributed by atoms with Crippen LogP contribution in [0.1, 0.15) is 25.3 Å². The number of anilines is 1. The predicted molar refractivity (Wildman–Crippen MR) is 60.0 cm³/mol. The van der Waals surface area contributed by atoms with Crippen molar-refractivity contribution in [3.05, 3.63) is 29.8 Å². The highest BCUT2D eigenvalue weighted by Crippen LogP contribution is 2.29. The lowest BCUT2D eigenvalue weighted by Crippen LogP contribution is -2.13. The van der Waals surface area contributed by atoms with Crippen LogP contribution in [0.15, 0.2) is 24.3 Å². The molecule has 98 valence electrons. The van der Waals surface area contributed by atoms with Gasteiger partial charge in [-0.1, -0.05) is 0 Å². The number of ketones is 1. The van der Waals surface area contributed by atoms with Crippen molar-refractivity contribution in [2.75, 3.05) is 5.32 Å². The normalized spacial score (nSPS) is 11.1. The van der Waals surface area contributed by atoms with Crippen LogP contribution in [0.2, 0.25) is 0 Å². The summed E-state index contributed by atoms with van der Waals surface area (Å²) in [6, 6.07) is 4.13. The number of carbonyl (C=O) groups is 2. The summed E-state index contributed by atoms with van der Waals surface area (Å²) in [6.07, 6.45) is -4.25. The van der Waals surface area contributed by atoms with Crippen LogP contribution in [0.25, 0.3) is 0 Å². The molecule has 1 amide bonds. The second kappa shape index (κ2) is 5.66. The van der Waals surface area contributed by atoms with Crippen LogP contribution in [0.3, 0.4) is 0 Å². The fourth-order valence-electron chi connectivity index (χ4n) is 1.26. The smallest absolute Gasteiger partial charge is 0.326 e. The molecule has 0 aliphatic heterocycles. The standard InChI is InChI=1S/C12H12F3NO2/c1-8(17)2-7-11(18)16-10-5-3-9(4-6-10)12(13,14)15/h3-6H,2,7H2,1H3,(H,16,18). The minimum Gasteiger partial charge on any atom is -0.326 e.